The average Bonchev–Trinajstić information content (AvgIpc) is 3.07. The van der Waals surface area contributed by atoms with Crippen molar-refractivity contribution >= 4 is 38.4 Å². The third-order valence-electron chi connectivity index (χ3n) is 4.30. The first-order chi connectivity index (χ1) is 12.6. The largest absolute Gasteiger partial charge is 0.497 e. The van der Waals surface area contributed by atoms with Gasteiger partial charge >= 0.3 is 0 Å². The molecule has 4 nitrogen and oxygen atoms in total. The number of thiophene rings is 1. The lowest BCUT2D eigenvalue weighted by Crippen LogP contribution is -2.21. The molecule has 1 amide bonds. The van der Waals surface area contributed by atoms with E-state index in [0.29, 0.717) is 11.4 Å². The molecule has 0 radical (unpaired) electrons. The molecule has 2 heterocycles. The zero-order valence-corrected chi connectivity index (χ0v) is 15.4. The topological polar surface area (TPSA) is 51.2 Å². The second-order valence-corrected chi connectivity index (χ2v) is 7.25. The minimum absolute atomic E-state index is 0.0796. The van der Waals surface area contributed by atoms with E-state index in [4.69, 9.17) is 9.72 Å². The number of fused-ring (bicyclic) bond motifs is 2. The normalized spacial score (nSPS) is 11.0. The molecule has 4 aromatic rings. The molecule has 0 atom stereocenters. The van der Waals surface area contributed by atoms with E-state index in [1.807, 2.05) is 30.3 Å². The maximum absolute atomic E-state index is 12.5. The van der Waals surface area contributed by atoms with Gasteiger partial charge in [-0.3, -0.25) is 4.79 Å². The first-order valence-corrected chi connectivity index (χ1v) is 9.16. The molecule has 0 bridgehead atoms. The molecule has 2 aromatic heterocycles. The van der Waals surface area contributed by atoms with Crippen molar-refractivity contribution in [1.82, 2.24) is 10.3 Å². The van der Waals surface area contributed by atoms with Crippen LogP contribution in [0.2, 0.25) is 0 Å². The summed E-state index contributed by atoms with van der Waals surface area (Å²) < 4.78 is 5.15. The Labute approximate surface area is 155 Å². The Kier molecular flexibility index (Phi) is 4.31. The number of carbonyl (C=O) groups excluding carboxylic acids is 1. The van der Waals surface area contributed by atoms with E-state index >= 15 is 0 Å². The van der Waals surface area contributed by atoms with Crippen molar-refractivity contribution < 1.29 is 9.53 Å². The summed E-state index contributed by atoms with van der Waals surface area (Å²) in [5, 5.41) is 5.06. The lowest BCUT2D eigenvalue weighted by molar-refractivity contribution is 0.0955. The van der Waals surface area contributed by atoms with Gasteiger partial charge in [0.05, 0.1) is 17.5 Å². The third-order valence-corrected chi connectivity index (χ3v) is 5.34. The molecule has 0 fully saturated rings. The van der Waals surface area contributed by atoms with Crippen LogP contribution < -0.4 is 10.1 Å². The van der Waals surface area contributed by atoms with Crippen LogP contribution >= 0.6 is 11.3 Å². The van der Waals surface area contributed by atoms with Crippen LogP contribution in [-0.2, 0) is 6.54 Å². The SMILES string of the molecule is COc1ccc(CNC(=O)c2cc3cc4ccc(C)cc4nc3s2)cc1. The highest BCUT2D eigenvalue weighted by Crippen LogP contribution is 2.28. The van der Waals surface area contributed by atoms with Crippen molar-refractivity contribution in [3.05, 3.63) is 70.6 Å². The number of carbonyl (C=O) groups is 1. The molecule has 2 aromatic carbocycles. The summed E-state index contributed by atoms with van der Waals surface area (Å²) in [7, 11) is 1.64. The molecule has 0 saturated heterocycles. The molecule has 0 aliphatic heterocycles. The number of pyridine rings is 1. The van der Waals surface area contributed by atoms with Crippen LogP contribution in [0.15, 0.2) is 54.6 Å². The molecule has 1 N–H and O–H groups in total. The minimum atomic E-state index is -0.0796. The molecule has 0 saturated carbocycles. The first-order valence-electron chi connectivity index (χ1n) is 8.34. The summed E-state index contributed by atoms with van der Waals surface area (Å²) in [6.45, 7) is 2.53. The van der Waals surface area contributed by atoms with Gasteiger partial charge in [-0.25, -0.2) is 4.98 Å². The molecular formula is C21H18N2O2S. The first kappa shape index (κ1) is 16.5. The van der Waals surface area contributed by atoms with Gasteiger partial charge in [0, 0.05) is 17.3 Å². The summed E-state index contributed by atoms with van der Waals surface area (Å²) in [6, 6.07) is 17.9. The Bertz CT molecular complexity index is 1100. The number of hydrogen-bond donors (Lipinski definition) is 1. The van der Waals surface area contributed by atoms with E-state index in [-0.39, 0.29) is 5.91 Å². The maximum Gasteiger partial charge on any atom is 0.261 e. The van der Waals surface area contributed by atoms with Crippen LogP contribution in [-0.4, -0.2) is 18.0 Å². The Morgan fingerprint density at radius 3 is 2.65 bits per heavy atom. The fourth-order valence-electron chi connectivity index (χ4n) is 2.86. The van der Waals surface area contributed by atoms with Gasteiger partial charge in [-0.05, 0) is 48.4 Å². The maximum atomic E-state index is 12.5. The van der Waals surface area contributed by atoms with Crippen LogP contribution in [0.1, 0.15) is 20.8 Å². The monoisotopic (exact) mass is 362 g/mol. The third kappa shape index (κ3) is 3.26. The van der Waals surface area contributed by atoms with Crippen LogP contribution in [0.25, 0.3) is 21.1 Å². The predicted octanol–water partition coefficient (Wildman–Crippen LogP) is 4.70. The summed E-state index contributed by atoms with van der Waals surface area (Å²) in [5.41, 5.74) is 3.17. The van der Waals surface area contributed by atoms with Gasteiger partial charge in [0.15, 0.2) is 0 Å². The van der Waals surface area contributed by atoms with E-state index in [1.165, 1.54) is 16.9 Å². The Morgan fingerprint density at radius 1 is 1.08 bits per heavy atom. The number of methoxy groups -OCH3 is 1. The number of benzene rings is 2. The van der Waals surface area contributed by atoms with Gasteiger partial charge in [-0.15, -0.1) is 11.3 Å². The van der Waals surface area contributed by atoms with Crippen LogP contribution in [0, 0.1) is 6.92 Å². The molecule has 4 rings (SSSR count). The minimum Gasteiger partial charge on any atom is -0.497 e. The lowest BCUT2D eigenvalue weighted by atomic mass is 10.1. The average molecular weight is 362 g/mol. The van der Waals surface area contributed by atoms with Crippen molar-refractivity contribution in [3.63, 3.8) is 0 Å². The van der Waals surface area contributed by atoms with Crippen molar-refractivity contribution in [3.8, 4) is 5.75 Å². The molecule has 0 aliphatic carbocycles. The van der Waals surface area contributed by atoms with Gasteiger partial charge in [0.1, 0.15) is 10.6 Å². The number of amides is 1. The van der Waals surface area contributed by atoms with E-state index in [1.54, 1.807) is 7.11 Å². The molecule has 130 valence electrons. The number of nitrogens with zero attached hydrogens (tertiary/aromatic N) is 1. The Morgan fingerprint density at radius 2 is 1.88 bits per heavy atom. The summed E-state index contributed by atoms with van der Waals surface area (Å²) in [5.74, 6) is 0.724. The number of ether oxygens (including phenoxy) is 1. The van der Waals surface area contributed by atoms with Crippen molar-refractivity contribution in [2.24, 2.45) is 0 Å². The highest BCUT2D eigenvalue weighted by atomic mass is 32.1. The molecule has 0 unspecified atom stereocenters. The van der Waals surface area contributed by atoms with Crippen LogP contribution in [0.4, 0.5) is 0 Å². The molecule has 26 heavy (non-hydrogen) atoms. The van der Waals surface area contributed by atoms with Gasteiger partial charge in [0.25, 0.3) is 5.91 Å². The number of aromatic nitrogens is 1. The van der Waals surface area contributed by atoms with E-state index in [0.717, 1.165) is 32.4 Å². The van der Waals surface area contributed by atoms with Gasteiger partial charge in [0.2, 0.25) is 0 Å². The van der Waals surface area contributed by atoms with Crippen molar-refractivity contribution in [1.29, 1.82) is 0 Å². The van der Waals surface area contributed by atoms with Crippen molar-refractivity contribution in [2.45, 2.75) is 13.5 Å². The highest BCUT2D eigenvalue weighted by Gasteiger charge is 2.12. The molecule has 5 heteroatoms. The zero-order valence-electron chi connectivity index (χ0n) is 14.6. The summed E-state index contributed by atoms with van der Waals surface area (Å²) in [6.07, 6.45) is 0. The van der Waals surface area contributed by atoms with Gasteiger partial charge in [-0.1, -0.05) is 24.3 Å². The summed E-state index contributed by atoms with van der Waals surface area (Å²) >= 11 is 1.42. The van der Waals surface area contributed by atoms with E-state index in [9.17, 15) is 4.79 Å². The Hall–Kier alpha value is -2.92. The van der Waals surface area contributed by atoms with E-state index in [2.05, 4.69) is 36.5 Å². The van der Waals surface area contributed by atoms with E-state index < -0.39 is 0 Å². The zero-order chi connectivity index (χ0) is 18.1. The Balaban J connectivity index is 1.55. The predicted molar refractivity (Wildman–Crippen MR) is 106 cm³/mol. The highest BCUT2D eigenvalue weighted by molar-refractivity contribution is 7.20. The standard InChI is InChI=1S/C21H18N2O2S/c1-13-3-6-15-10-16-11-19(26-21(16)23-18(15)9-13)20(24)22-12-14-4-7-17(25-2)8-5-14/h3-11H,12H2,1-2H3,(H,22,24). The number of rotatable bonds is 4. The van der Waals surface area contributed by atoms with Gasteiger partial charge < -0.3 is 10.1 Å². The smallest absolute Gasteiger partial charge is 0.261 e. The van der Waals surface area contributed by atoms with Crippen molar-refractivity contribution in [2.75, 3.05) is 7.11 Å². The number of aryl methyl sites for hydroxylation is 1. The second kappa shape index (κ2) is 6.77. The number of hydrogen-bond acceptors (Lipinski definition) is 4. The molecular weight excluding hydrogens is 344 g/mol. The second-order valence-electron chi connectivity index (χ2n) is 6.22. The van der Waals surface area contributed by atoms with Gasteiger partial charge in [-0.2, -0.15) is 0 Å². The fourth-order valence-corrected chi connectivity index (χ4v) is 3.80. The number of nitrogens with one attached hydrogen (secondary N) is 1. The van der Waals surface area contributed by atoms with Crippen LogP contribution in [0.5, 0.6) is 5.75 Å². The summed E-state index contributed by atoms with van der Waals surface area (Å²) in [4.78, 5) is 18.8. The quantitative estimate of drug-likeness (QED) is 0.573. The van der Waals surface area contributed by atoms with Crippen LogP contribution in [0.3, 0.4) is 0 Å². The molecule has 0 spiro atoms. The molecule has 0 aliphatic rings. The lowest BCUT2D eigenvalue weighted by Gasteiger charge is -2.05. The fraction of sp³-hybridized carbons (Fsp3) is 0.143.